The molecule has 0 atom stereocenters. The quantitative estimate of drug-likeness (QED) is 0.211. The van der Waals surface area contributed by atoms with Crippen molar-refractivity contribution in [1.29, 1.82) is 15.8 Å². The first-order valence-electron chi connectivity index (χ1n) is 13.6. The second-order valence-corrected chi connectivity index (χ2v) is 9.42. The second-order valence-electron chi connectivity index (χ2n) is 9.42. The van der Waals surface area contributed by atoms with E-state index in [1.807, 2.05) is 60.7 Å². The first-order chi connectivity index (χ1) is 21.5. The van der Waals surface area contributed by atoms with Gasteiger partial charge in [-0.1, -0.05) is 97.1 Å². The van der Waals surface area contributed by atoms with Crippen molar-refractivity contribution in [3.05, 3.63) is 180 Å². The molecule has 6 aromatic carbocycles. The van der Waals surface area contributed by atoms with Crippen LogP contribution in [0, 0.1) is 45.6 Å². The fourth-order valence-corrected chi connectivity index (χ4v) is 4.17. The van der Waals surface area contributed by atoms with Gasteiger partial charge in [0.05, 0.1) is 34.9 Å². The Morgan fingerprint density at radius 2 is 0.682 bits per heavy atom. The van der Waals surface area contributed by atoms with E-state index >= 15 is 0 Å². The molecule has 5 heteroatoms. The number of benzene rings is 6. The smallest absolute Gasteiger partial charge is 0.131 e. The highest BCUT2D eigenvalue weighted by atomic mass is 19.1. The van der Waals surface area contributed by atoms with E-state index in [4.69, 9.17) is 15.8 Å². The van der Waals surface area contributed by atoms with Crippen LogP contribution >= 0.6 is 0 Å². The third kappa shape index (κ3) is 8.58. The van der Waals surface area contributed by atoms with Gasteiger partial charge in [-0.05, 0) is 82.4 Å². The lowest BCUT2D eigenvalue weighted by Gasteiger charge is -2.02. The standard InChI is InChI=1S/2C13H8FN.C13H9N/c14-13-7-5-12(6-8-13)11-3-1-10(9-15)2-4-11;14-13-4-2-1-3-12(13)11-7-5-10(9-15)6-8-11;14-10-11-6-8-13(9-7-11)12-4-2-1-3-5-12/h2*1-8H;1-9H. The molecular weight excluding hydrogens is 548 g/mol. The summed E-state index contributed by atoms with van der Waals surface area (Å²) in [7, 11) is 0. The zero-order chi connectivity index (χ0) is 31.1. The van der Waals surface area contributed by atoms with Gasteiger partial charge in [0, 0.05) is 5.56 Å². The third-order valence-electron chi connectivity index (χ3n) is 6.51. The number of nitrogens with zero attached hydrogens (tertiary/aromatic N) is 3. The molecule has 0 radical (unpaired) electrons. The fourth-order valence-electron chi connectivity index (χ4n) is 4.17. The average molecular weight is 574 g/mol. The highest BCUT2D eigenvalue weighted by molar-refractivity contribution is 5.66. The van der Waals surface area contributed by atoms with Crippen LogP contribution in [0.3, 0.4) is 0 Å². The van der Waals surface area contributed by atoms with Gasteiger partial charge in [0.25, 0.3) is 0 Å². The number of hydrogen-bond donors (Lipinski definition) is 0. The Bertz CT molecular complexity index is 1910. The Labute approximate surface area is 255 Å². The zero-order valence-corrected chi connectivity index (χ0v) is 23.5. The van der Waals surface area contributed by atoms with E-state index in [0.717, 1.165) is 22.3 Å². The van der Waals surface area contributed by atoms with Crippen LogP contribution in [0.4, 0.5) is 8.78 Å². The lowest BCUT2D eigenvalue weighted by atomic mass is 10.0. The lowest BCUT2D eigenvalue weighted by molar-refractivity contribution is 0.628. The Morgan fingerprint density at radius 3 is 1.09 bits per heavy atom. The molecule has 210 valence electrons. The van der Waals surface area contributed by atoms with Gasteiger partial charge in [-0.2, -0.15) is 15.8 Å². The van der Waals surface area contributed by atoms with Crippen LogP contribution in [0.15, 0.2) is 152 Å². The van der Waals surface area contributed by atoms with Gasteiger partial charge >= 0.3 is 0 Å². The molecule has 0 heterocycles. The minimum Gasteiger partial charge on any atom is -0.207 e. The molecular formula is C39H25F2N3. The number of nitriles is 3. The van der Waals surface area contributed by atoms with Crippen LogP contribution in [0.5, 0.6) is 0 Å². The molecule has 0 spiro atoms. The van der Waals surface area contributed by atoms with Crippen LogP contribution in [-0.2, 0) is 0 Å². The first kappa shape index (κ1) is 30.6. The van der Waals surface area contributed by atoms with E-state index in [0.29, 0.717) is 22.3 Å². The van der Waals surface area contributed by atoms with Crippen LogP contribution < -0.4 is 0 Å². The van der Waals surface area contributed by atoms with E-state index in [1.54, 1.807) is 66.7 Å². The Hall–Kier alpha value is -6.35. The van der Waals surface area contributed by atoms with Crippen molar-refractivity contribution in [3.63, 3.8) is 0 Å². The molecule has 0 aliphatic heterocycles. The predicted molar refractivity (Wildman–Crippen MR) is 170 cm³/mol. The van der Waals surface area contributed by atoms with Gasteiger partial charge in [0.1, 0.15) is 11.6 Å². The Balaban J connectivity index is 0.000000151. The average Bonchev–Trinajstić information content (AvgIpc) is 3.10. The monoisotopic (exact) mass is 573 g/mol. The maximum atomic E-state index is 13.4. The minimum atomic E-state index is -0.248. The van der Waals surface area contributed by atoms with Gasteiger partial charge in [-0.15, -0.1) is 0 Å². The number of hydrogen-bond acceptors (Lipinski definition) is 3. The minimum absolute atomic E-state index is 0.243. The zero-order valence-electron chi connectivity index (χ0n) is 23.5. The third-order valence-corrected chi connectivity index (χ3v) is 6.51. The normalized spacial score (nSPS) is 9.52. The summed E-state index contributed by atoms with van der Waals surface area (Å²) in [5.74, 6) is -0.491. The Morgan fingerprint density at radius 1 is 0.341 bits per heavy atom. The predicted octanol–water partition coefficient (Wildman–Crippen LogP) is 9.95. The summed E-state index contributed by atoms with van der Waals surface area (Å²) in [5.41, 5.74) is 7.49. The summed E-state index contributed by atoms with van der Waals surface area (Å²) >= 11 is 0. The molecule has 0 saturated heterocycles. The van der Waals surface area contributed by atoms with E-state index in [-0.39, 0.29) is 11.6 Å². The van der Waals surface area contributed by atoms with Crippen LogP contribution in [0.25, 0.3) is 33.4 Å². The SMILES string of the molecule is N#Cc1ccc(-c2ccc(F)cc2)cc1.N#Cc1ccc(-c2ccccc2)cc1.N#Cc1ccc(-c2ccccc2F)cc1. The summed E-state index contributed by atoms with van der Waals surface area (Å²) in [5, 5.41) is 25.9. The van der Waals surface area contributed by atoms with Crippen molar-refractivity contribution in [2.45, 2.75) is 0 Å². The van der Waals surface area contributed by atoms with Crippen molar-refractivity contribution in [3.8, 4) is 51.6 Å². The van der Waals surface area contributed by atoms with Crippen molar-refractivity contribution in [1.82, 2.24) is 0 Å². The van der Waals surface area contributed by atoms with Crippen molar-refractivity contribution in [2.24, 2.45) is 0 Å². The molecule has 0 fully saturated rings. The molecule has 0 aromatic heterocycles. The van der Waals surface area contributed by atoms with Gasteiger partial charge < -0.3 is 0 Å². The second kappa shape index (κ2) is 15.6. The summed E-state index contributed by atoms with van der Waals surface area (Å²) in [6.45, 7) is 0. The summed E-state index contributed by atoms with van der Waals surface area (Å²) in [6, 6.07) is 50.8. The highest BCUT2D eigenvalue weighted by Crippen LogP contribution is 2.23. The van der Waals surface area contributed by atoms with Crippen LogP contribution in [0.2, 0.25) is 0 Å². The van der Waals surface area contributed by atoms with Gasteiger partial charge in [0.2, 0.25) is 0 Å². The molecule has 0 N–H and O–H groups in total. The Kier molecular flexibility index (Phi) is 10.8. The number of rotatable bonds is 3. The van der Waals surface area contributed by atoms with Crippen LogP contribution in [0.1, 0.15) is 16.7 Å². The maximum absolute atomic E-state index is 13.4. The van der Waals surface area contributed by atoms with E-state index in [2.05, 4.69) is 24.3 Å². The van der Waals surface area contributed by atoms with Gasteiger partial charge in [-0.25, -0.2) is 8.78 Å². The molecule has 44 heavy (non-hydrogen) atoms. The first-order valence-corrected chi connectivity index (χ1v) is 13.6. The summed E-state index contributed by atoms with van der Waals surface area (Å²) in [6.07, 6.45) is 0. The molecule has 3 nitrogen and oxygen atoms in total. The summed E-state index contributed by atoms with van der Waals surface area (Å²) in [4.78, 5) is 0. The molecule has 6 aromatic rings. The molecule has 0 amide bonds. The lowest BCUT2D eigenvalue weighted by Crippen LogP contribution is -1.83. The highest BCUT2D eigenvalue weighted by Gasteiger charge is 2.03. The molecule has 0 unspecified atom stereocenters. The van der Waals surface area contributed by atoms with Crippen molar-refractivity contribution >= 4 is 0 Å². The molecule has 0 aliphatic carbocycles. The van der Waals surface area contributed by atoms with Crippen LogP contribution in [-0.4, -0.2) is 0 Å². The fraction of sp³-hybridized carbons (Fsp3) is 0. The summed E-state index contributed by atoms with van der Waals surface area (Å²) < 4.78 is 26.1. The van der Waals surface area contributed by atoms with E-state index < -0.39 is 0 Å². The molecule has 0 bridgehead atoms. The van der Waals surface area contributed by atoms with Crippen molar-refractivity contribution < 1.29 is 8.78 Å². The van der Waals surface area contributed by atoms with E-state index in [1.165, 1.54) is 23.8 Å². The maximum Gasteiger partial charge on any atom is 0.131 e. The van der Waals surface area contributed by atoms with Gasteiger partial charge in [0.15, 0.2) is 0 Å². The van der Waals surface area contributed by atoms with E-state index in [9.17, 15) is 8.78 Å². The number of halogens is 2. The molecule has 0 aliphatic rings. The topological polar surface area (TPSA) is 71.4 Å². The van der Waals surface area contributed by atoms with Crippen molar-refractivity contribution in [2.75, 3.05) is 0 Å². The van der Waals surface area contributed by atoms with Gasteiger partial charge in [-0.3, -0.25) is 0 Å². The molecule has 0 saturated carbocycles. The largest absolute Gasteiger partial charge is 0.207 e. The molecule has 6 rings (SSSR count).